The van der Waals surface area contributed by atoms with Crippen LogP contribution in [-0.2, 0) is 11.3 Å². The molecule has 2 rings (SSSR count). The smallest absolute Gasteiger partial charge is 0.360 e. The Hall–Kier alpha value is -3.03. The number of carbonyl (C=O) groups is 2. The molecule has 0 bridgehead atoms. The van der Waals surface area contributed by atoms with E-state index in [4.69, 9.17) is 9.15 Å². The van der Waals surface area contributed by atoms with Gasteiger partial charge in [-0.15, -0.1) is 0 Å². The Morgan fingerprint density at radius 2 is 2.04 bits per heavy atom. The van der Waals surface area contributed by atoms with E-state index in [1.54, 1.807) is 17.0 Å². The molecule has 1 aromatic heterocycles. The molecule has 1 aromatic carbocycles. The van der Waals surface area contributed by atoms with Gasteiger partial charge >= 0.3 is 12.0 Å². The summed E-state index contributed by atoms with van der Waals surface area (Å²) < 4.78 is 15.4. The van der Waals surface area contributed by atoms with Crippen LogP contribution in [0.4, 0.5) is 10.5 Å². The van der Waals surface area contributed by atoms with Crippen molar-refractivity contribution in [1.82, 2.24) is 9.88 Å². The Labute approximate surface area is 152 Å². The van der Waals surface area contributed by atoms with Crippen LogP contribution in [0, 0.1) is 0 Å². The van der Waals surface area contributed by atoms with Crippen LogP contribution in [0.15, 0.2) is 34.9 Å². The van der Waals surface area contributed by atoms with Crippen molar-refractivity contribution in [3.05, 3.63) is 42.1 Å². The Bertz CT molecular complexity index is 744. The highest BCUT2D eigenvalue weighted by Crippen LogP contribution is 2.24. The number of nitrogens with zero attached hydrogens (tertiary/aromatic N) is 2. The number of anilines is 1. The number of esters is 1. The summed E-state index contributed by atoms with van der Waals surface area (Å²) in [6.45, 7) is 4.97. The molecule has 0 fully saturated rings. The minimum Gasteiger partial charge on any atom is -0.492 e. The summed E-state index contributed by atoms with van der Waals surface area (Å²) in [6.07, 6.45) is 1.97. The van der Waals surface area contributed by atoms with Crippen LogP contribution in [-0.4, -0.2) is 42.1 Å². The Balaban J connectivity index is 2.10. The molecule has 0 saturated carbocycles. The van der Waals surface area contributed by atoms with Gasteiger partial charge in [-0.3, -0.25) is 0 Å². The molecule has 0 aliphatic rings. The summed E-state index contributed by atoms with van der Waals surface area (Å²) in [5, 5.41) is 2.84. The zero-order chi connectivity index (χ0) is 18.9. The van der Waals surface area contributed by atoms with Crippen molar-refractivity contribution in [3.63, 3.8) is 0 Å². The van der Waals surface area contributed by atoms with E-state index in [9.17, 15) is 9.59 Å². The number of rotatable bonds is 8. The number of para-hydroxylation sites is 2. The van der Waals surface area contributed by atoms with Crippen molar-refractivity contribution in [2.24, 2.45) is 0 Å². The van der Waals surface area contributed by atoms with Crippen LogP contribution in [0.2, 0.25) is 0 Å². The number of carbonyl (C=O) groups excluding carboxylic acids is 2. The molecular formula is C18H23N3O5. The standard InChI is InChI=1S/C18H23N3O5/c1-4-10-21(11-16-19-14(12-26-16)17(22)24-3)18(23)20-13-8-6-7-9-15(13)25-5-2/h6-9,12H,4-5,10-11H2,1-3H3,(H,20,23). The van der Waals surface area contributed by atoms with E-state index >= 15 is 0 Å². The van der Waals surface area contributed by atoms with Gasteiger partial charge in [-0.2, -0.15) is 0 Å². The van der Waals surface area contributed by atoms with Crippen molar-refractivity contribution in [2.45, 2.75) is 26.8 Å². The summed E-state index contributed by atoms with van der Waals surface area (Å²) >= 11 is 0. The number of hydrogen-bond donors (Lipinski definition) is 1. The van der Waals surface area contributed by atoms with Gasteiger partial charge in [0.15, 0.2) is 5.69 Å². The van der Waals surface area contributed by atoms with Crippen LogP contribution in [0.5, 0.6) is 5.75 Å². The third-order valence-electron chi connectivity index (χ3n) is 3.48. The van der Waals surface area contributed by atoms with Crippen LogP contribution in [0.25, 0.3) is 0 Å². The van der Waals surface area contributed by atoms with Crippen molar-refractivity contribution in [3.8, 4) is 5.75 Å². The molecule has 0 radical (unpaired) electrons. The first-order valence-electron chi connectivity index (χ1n) is 8.39. The number of methoxy groups -OCH3 is 1. The summed E-state index contributed by atoms with van der Waals surface area (Å²) in [5.74, 6) is 0.271. The predicted octanol–water partition coefficient (Wildman–Crippen LogP) is 3.30. The number of oxazole rings is 1. The molecule has 0 aliphatic heterocycles. The SMILES string of the molecule is CCCN(Cc1nc(C(=O)OC)co1)C(=O)Nc1ccccc1OCC. The molecule has 8 heteroatoms. The van der Waals surface area contributed by atoms with Gasteiger partial charge in [0.05, 0.1) is 25.9 Å². The second-order valence-electron chi connectivity index (χ2n) is 5.40. The lowest BCUT2D eigenvalue weighted by Gasteiger charge is -2.21. The van der Waals surface area contributed by atoms with Crippen LogP contribution in [0.1, 0.15) is 36.6 Å². The third-order valence-corrected chi connectivity index (χ3v) is 3.48. The van der Waals surface area contributed by atoms with Gasteiger partial charge in [0.25, 0.3) is 0 Å². The number of urea groups is 1. The van der Waals surface area contributed by atoms with Gasteiger partial charge in [0, 0.05) is 6.54 Å². The molecule has 0 spiro atoms. The maximum Gasteiger partial charge on any atom is 0.360 e. The number of benzene rings is 1. The lowest BCUT2D eigenvalue weighted by atomic mass is 10.3. The van der Waals surface area contributed by atoms with Crippen LogP contribution >= 0.6 is 0 Å². The normalized spacial score (nSPS) is 10.3. The first-order chi connectivity index (χ1) is 12.6. The zero-order valence-electron chi connectivity index (χ0n) is 15.2. The lowest BCUT2D eigenvalue weighted by Crippen LogP contribution is -2.35. The summed E-state index contributed by atoms with van der Waals surface area (Å²) in [6, 6.07) is 6.91. The number of aromatic nitrogens is 1. The van der Waals surface area contributed by atoms with E-state index < -0.39 is 5.97 Å². The minimum atomic E-state index is -0.586. The number of ether oxygens (including phenoxy) is 2. The van der Waals surface area contributed by atoms with Crippen molar-refractivity contribution < 1.29 is 23.5 Å². The highest BCUT2D eigenvalue weighted by Gasteiger charge is 2.19. The van der Waals surface area contributed by atoms with Crippen LogP contribution in [0.3, 0.4) is 0 Å². The average molecular weight is 361 g/mol. The van der Waals surface area contributed by atoms with Gasteiger partial charge in [0.1, 0.15) is 12.0 Å². The third kappa shape index (κ3) is 4.98. The van der Waals surface area contributed by atoms with Crippen LogP contribution < -0.4 is 10.1 Å². The maximum atomic E-state index is 12.7. The molecule has 0 aliphatic carbocycles. The highest BCUT2D eigenvalue weighted by atomic mass is 16.5. The topological polar surface area (TPSA) is 93.9 Å². The number of hydrogen-bond acceptors (Lipinski definition) is 6. The molecule has 0 unspecified atom stereocenters. The molecule has 1 heterocycles. The molecule has 26 heavy (non-hydrogen) atoms. The highest BCUT2D eigenvalue weighted by molar-refractivity contribution is 5.91. The van der Waals surface area contributed by atoms with Gasteiger partial charge in [0.2, 0.25) is 5.89 Å². The van der Waals surface area contributed by atoms with Crippen molar-refractivity contribution in [2.75, 3.05) is 25.6 Å². The number of amides is 2. The largest absolute Gasteiger partial charge is 0.492 e. The summed E-state index contributed by atoms with van der Waals surface area (Å²) in [7, 11) is 1.27. The number of nitrogens with one attached hydrogen (secondary N) is 1. The molecule has 0 atom stereocenters. The molecule has 140 valence electrons. The summed E-state index contributed by atoms with van der Waals surface area (Å²) in [5.41, 5.74) is 0.657. The molecule has 0 saturated heterocycles. The van der Waals surface area contributed by atoms with E-state index in [0.717, 1.165) is 6.42 Å². The fourth-order valence-corrected chi connectivity index (χ4v) is 2.31. The van der Waals surface area contributed by atoms with E-state index in [2.05, 4.69) is 15.0 Å². The van der Waals surface area contributed by atoms with E-state index in [1.807, 2.05) is 26.0 Å². The molecular weight excluding hydrogens is 338 g/mol. The van der Waals surface area contributed by atoms with Gasteiger partial charge in [-0.05, 0) is 25.5 Å². The average Bonchev–Trinajstić information content (AvgIpc) is 3.11. The van der Waals surface area contributed by atoms with E-state index in [0.29, 0.717) is 24.6 Å². The van der Waals surface area contributed by atoms with Gasteiger partial charge in [-0.1, -0.05) is 19.1 Å². The van der Waals surface area contributed by atoms with Crippen molar-refractivity contribution in [1.29, 1.82) is 0 Å². The molecule has 2 aromatic rings. The van der Waals surface area contributed by atoms with E-state index in [1.165, 1.54) is 13.4 Å². The lowest BCUT2D eigenvalue weighted by molar-refractivity contribution is 0.0594. The van der Waals surface area contributed by atoms with Gasteiger partial charge < -0.3 is 24.1 Å². The van der Waals surface area contributed by atoms with E-state index in [-0.39, 0.29) is 24.2 Å². The van der Waals surface area contributed by atoms with Crippen molar-refractivity contribution >= 4 is 17.7 Å². The quantitative estimate of drug-likeness (QED) is 0.725. The zero-order valence-corrected chi connectivity index (χ0v) is 15.2. The summed E-state index contributed by atoms with van der Waals surface area (Å²) in [4.78, 5) is 29.7. The van der Waals surface area contributed by atoms with Gasteiger partial charge in [-0.25, -0.2) is 14.6 Å². The fourth-order valence-electron chi connectivity index (χ4n) is 2.31. The minimum absolute atomic E-state index is 0.0704. The Morgan fingerprint density at radius 3 is 2.73 bits per heavy atom. The predicted molar refractivity (Wildman–Crippen MR) is 95.2 cm³/mol. The Kier molecular flexibility index (Phi) is 7.02. The second kappa shape index (κ2) is 9.45. The molecule has 1 N–H and O–H groups in total. The first-order valence-corrected chi connectivity index (χ1v) is 8.39. The fraction of sp³-hybridized carbons (Fsp3) is 0.389. The Morgan fingerprint density at radius 1 is 1.27 bits per heavy atom. The molecule has 8 nitrogen and oxygen atoms in total. The second-order valence-corrected chi connectivity index (χ2v) is 5.40. The maximum absolute atomic E-state index is 12.7. The molecule has 2 amide bonds. The first kappa shape index (κ1) is 19.3. The monoisotopic (exact) mass is 361 g/mol.